The van der Waals surface area contributed by atoms with Gasteiger partial charge >= 0.3 is 0 Å². The second-order valence-corrected chi connectivity index (χ2v) is 10.2. The number of amides is 1. The number of carbonyl (C=O) groups excluding carboxylic acids is 2. The molecule has 0 spiro atoms. The number of phenols is 1. The summed E-state index contributed by atoms with van der Waals surface area (Å²) in [4.78, 5) is 29.0. The van der Waals surface area contributed by atoms with Crippen molar-refractivity contribution < 1.29 is 23.8 Å². The Labute approximate surface area is 198 Å². The molecule has 3 unspecified atom stereocenters. The highest BCUT2D eigenvalue weighted by Crippen LogP contribution is 2.58. The highest BCUT2D eigenvalue weighted by atomic mass is 19.1. The predicted molar refractivity (Wildman–Crippen MR) is 124 cm³/mol. The molecule has 2 saturated carbocycles. The predicted octanol–water partition coefficient (Wildman–Crippen LogP) is 3.56. The normalized spacial score (nSPS) is 29.0. The van der Waals surface area contributed by atoms with Crippen LogP contribution < -0.4 is 10.1 Å². The van der Waals surface area contributed by atoms with E-state index in [1.807, 2.05) is 6.07 Å². The van der Waals surface area contributed by atoms with Gasteiger partial charge in [-0.2, -0.15) is 0 Å². The Morgan fingerprint density at radius 2 is 2.00 bits per heavy atom. The Morgan fingerprint density at radius 3 is 2.71 bits per heavy atom. The van der Waals surface area contributed by atoms with Crippen LogP contribution in [0.4, 0.5) is 4.39 Å². The summed E-state index contributed by atoms with van der Waals surface area (Å²) in [7, 11) is 0. The van der Waals surface area contributed by atoms with Gasteiger partial charge in [0.05, 0.1) is 11.5 Å². The third kappa shape index (κ3) is 3.24. The Kier molecular flexibility index (Phi) is 4.96. The second-order valence-electron chi connectivity index (χ2n) is 10.2. The Bertz CT molecular complexity index is 1160. The molecule has 0 saturated heterocycles. The number of hydrogen-bond acceptors (Lipinski definition) is 5. The lowest BCUT2D eigenvalue weighted by Gasteiger charge is -2.55. The van der Waals surface area contributed by atoms with E-state index in [1.165, 1.54) is 37.1 Å². The number of benzene rings is 2. The zero-order valence-electron chi connectivity index (χ0n) is 19.2. The van der Waals surface area contributed by atoms with Crippen LogP contribution in [0.1, 0.15) is 60.0 Å². The fourth-order valence-electron chi connectivity index (χ4n) is 6.46. The van der Waals surface area contributed by atoms with Crippen molar-refractivity contribution in [3.05, 3.63) is 58.9 Å². The molecule has 6 nitrogen and oxygen atoms in total. The van der Waals surface area contributed by atoms with Crippen molar-refractivity contribution >= 4 is 11.7 Å². The minimum atomic E-state index is -0.735. The molecule has 4 aliphatic rings. The fraction of sp³-hybridized carbons (Fsp3) is 0.481. The van der Waals surface area contributed by atoms with Gasteiger partial charge in [0.1, 0.15) is 5.82 Å². The number of ether oxygens (including phenoxy) is 1. The van der Waals surface area contributed by atoms with Crippen molar-refractivity contribution in [3.63, 3.8) is 0 Å². The van der Waals surface area contributed by atoms with Gasteiger partial charge in [0.2, 0.25) is 0 Å². The number of nitrogens with one attached hydrogen (secondary N) is 1. The molecule has 6 rings (SSSR count). The van der Waals surface area contributed by atoms with Crippen molar-refractivity contribution in [3.8, 4) is 11.5 Å². The lowest BCUT2D eigenvalue weighted by Crippen LogP contribution is -2.71. The summed E-state index contributed by atoms with van der Waals surface area (Å²) in [5, 5.41) is 13.9. The van der Waals surface area contributed by atoms with Crippen molar-refractivity contribution in [2.24, 2.45) is 5.92 Å². The molecule has 7 heteroatoms. The van der Waals surface area contributed by atoms with E-state index in [9.17, 15) is 19.1 Å². The monoisotopic (exact) mass is 464 g/mol. The average molecular weight is 465 g/mol. The molecule has 2 aromatic rings. The molecule has 3 aliphatic carbocycles. The first-order chi connectivity index (χ1) is 16.4. The van der Waals surface area contributed by atoms with Crippen molar-refractivity contribution in [2.75, 3.05) is 13.1 Å². The number of ketones is 1. The molecule has 2 N–H and O–H groups in total. The smallest absolute Gasteiger partial charge is 0.251 e. The summed E-state index contributed by atoms with van der Waals surface area (Å²) in [5.74, 6) is 0.0372. The summed E-state index contributed by atoms with van der Waals surface area (Å²) in [6.45, 7) is 3.94. The average Bonchev–Trinajstić information content (AvgIpc) is 3.55. The van der Waals surface area contributed by atoms with E-state index >= 15 is 0 Å². The van der Waals surface area contributed by atoms with Gasteiger partial charge in [-0.1, -0.05) is 13.0 Å². The number of Topliss-reactive ketones (excluding diaryl/α,β-unsaturated/α-hetero) is 1. The van der Waals surface area contributed by atoms with Gasteiger partial charge in [0.15, 0.2) is 23.4 Å². The maximum Gasteiger partial charge on any atom is 0.251 e. The summed E-state index contributed by atoms with van der Waals surface area (Å²) >= 11 is 0. The molecule has 0 bridgehead atoms. The standard InChI is InChI=1S/C27H29FN2O4/c1-2-30(14-15-3-4-15)21-13-17-7-10-19(31)24-22(17)23-25(34-24)20(32)11-12-27(21,23)29-26(33)16-5-8-18(28)9-6-16/h5-10,15,21,23,25,31H,2-4,11-14H2,1H3,(H,29,33)/t21-,23?,25?,27?/m1/s1. The minimum Gasteiger partial charge on any atom is -0.504 e. The van der Waals surface area contributed by atoms with Crippen molar-refractivity contribution in [1.82, 2.24) is 10.2 Å². The van der Waals surface area contributed by atoms with Crippen LogP contribution in [0.2, 0.25) is 0 Å². The number of likely N-dealkylation sites (N-methyl/N-ethyl adjacent to an activating group) is 1. The molecule has 1 amide bonds. The van der Waals surface area contributed by atoms with Crippen LogP contribution in [0.15, 0.2) is 36.4 Å². The van der Waals surface area contributed by atoms with Gasteiger partial charge in [-0.3, -0.25) is 14.5 Å². The van der Waals surface area contributed by atoms with Crippen LogP contribution in [0.25, 0.3) is 0 Å². The van der Waals surface area contributed by atoms with Crippen LogP contribution in [0, 0.1) is 11.7 Å². The van der Waals surface area contributed by atoms with Gasteiger partial charge in [-0.05, 0) is 74.0 Å². The molecule has 0 radical (unpaired) electrons. The molecule has 0 aromatic heterocycles. The number of phenolic OH excluding ortho intramolecular Hbond substituents is 1. The molecular formula is C27H29FN2O4. The molecule has 34 heavy (non-hydrogen) atoms. The largest absolute Gasteiger partial charge is 0.504 e. The summed E-state index contributed by atoms with van der Waals surface area (Å²) in [6.07, 6.45) is 3.22. The summed E-state index contributed by atoms with van der Waals surface area (Å²) in [5.41, 5.74) is 1.58. The Hall–Kier alpha value is -2.93. The van der Waals surface area contributed by atoms with E-state index in [1.54, 1.807) is 6.07 Å². The first kappa shape index (κ1) is 21.6. The third-order valence-electron chi connectivity index (χ3n) is 8.28. The van der Waals surface area contributed by atoms with Crippen LogP contribution >= 0.6 is 0 Å². The van der Waals surface area contributed by atoms with Gasteiger partial charge < -0.3 is 15.2 Å². The topological polar surface area (TPSA) is 78.9 Å². The number of nitrogens with zero attached hydrogens (tertiary/aromatic N) is 1. The van der Waals surface area contributed by atoms with Crippen molar-refractivity contribution in [1.29, 1.82) is 0 Å². The first-order valence-electron chi connectivity index (χ1n) is 12.3. The minimum absolute atomic E-state index is 0.00379. The fourth-order valence-corrected chi connectivity index (χ4v) is 6.46. The van der Waals surface area contributed by atoms with Gasteiger partial charge in [-0.25, -0.2) is 4.39 Å². The van der Waals surface area contributed by atoms with Gasteiger partial charge in [-0.15, -0.1) is 0 Å². The van der Waals surface area contributed by atoms with E-state index in [-0.39, 0.29) is 29.4 Å². The van der Waals surface area contributed by atoms with Crippen LogP contribution in [-0.2, 0) is 11.2 Å². The van der Waals surface area contributed by atoms with Gasteiger partial charge in [0, 0.05) is 30.1 Å². The number of rotatable bonds is 6. The molecule has 1 heterocycles. The molecule has 2 fully saturated rings. The molecule has 1 aliphatic heterocycles. The SMILES string of the molecule is CCN(CC1CC1)[C@@H]1Cc2ccc(O)c3c2C2C(O3)C(=O)CCC21NC(=O)c1ccc(F)cc1. The van der Waals surface area contributed by atoms with E-state index < -0.39 is 17.5 Å². The van der Waals surface area contributed by atoms with E-state index in [0.717, 1.165) is 24.2 Å². The highest BCUT2D eigenvalue weighted by molar-refractivity contribution is 5.96. The maximum atomic E-state index is 13.5. The van der Waals surface area contributed by atoms with Crippen LogP contribution in [0.3, 0.4) is 0 Å². The zero-order chi connectivity index (χ0) is 23.6. The first-order valence-corrected chi connectivity index (χ1v) is 12.3. The summed E-state index contributed by atoms with van der Waals surface area (Å²) < 4.78 is 19.6. The van der Waals surface area contributed by atoms with Gasteiger partial charge in [0.25, 0.3) is 5.91 Å². The summed E-state index contributed by atoms with van der Waals surface area (Å²) in [6, 6.07) is 9.11. The number of halogens is 1. The highest BCUT2D eigenvalue weighted by Gasteiger charge is 2.63. The second kappa shape index (κ2) is 7.80. The van der Waals surface area contributed by atoms with E-state index in [4.69, 9.17) is 4.74 Å². The molecule has 178 valence electrons. The Balaban J connectivity index is 1.48. The molecule has 2 aromatic carbocycles. The number of carbonyl (C=O) groups is 2. The van der Waals surface area contributed by atoms with Crippen LogP contribution in [-0.4, -0.2) is 52.5 Å². The lowest BCUT2D eigenvalue weighted by atomic mass is 9.59. The van der Waals surface area contributed by atoms with Crippen LogP contribution in [0.5, 0.6) is 11.5 Å². The molecular weight excluding hydrogens is 435 g/mol. The number of hydrogen-bond donors (Lipinski definition) is 2. The van der Waals surface area contributed by atoms with E-state index in [0.29, 0.717) is 36.5 Å². The maximum absolute atomic E-state index is 13.5. The third-order valence-corrected chi connectivity index (χ3v) is 8.28. The van der Waals surface area contributed by atoms with Crippen molar-refractivity contribution in [2.45, 2.75) is 62.6 Å². The Morgan fingerprint density at radius 1 is 1.24 bits per heavy atom. The molecule has 4 atom stereocenters. The number of aromatic hydroxyl groups is 1. The van der Waals surface area contributed by atoms with E-state index in [2.05, 4.69) is 17.1 Å². The quantitative estimate of drug-likeness (QED) is 0.684. The lowest BCUT2D eigenvalue weighted by molar-refractivity contribution is -0.131. The zero-order valence-corrected chi connectivity index (χ0v) is 19.2.